The van der Waals surface area contributed by atoms with Crippen molar-refractivity contribution < 1.29 is 26.7 Å². The van der Waals surface area contributed by atoms with Gasteiger partial charge in [0.05, 0.1) is 0 Å². The van der Waals surface area contributed by atoms with E-state index >= 15 is 0 Å². The summed E-state index contributed by atoms with van der Waals surface area (Å²) in [5.41, 5.74) is 5.36. The standard InChI is InChI=1S/2C8H12N.H2O4S/c2*1-7-5-4-6-9(3)8(7)2;1-5(2,3)4/h2*4-6H,1-3H3;(H2,1,2,3,4)/q2*+1;/p-2. The molecule has 0 radical (unpaired) electrons. The summed E-state index contributed by atoms with van der Waals surface area (Å²) in [6.45, 7) is 8.48. The zero-order chi connectivity index (χ0) is 18.2. The first-order valence-electron chi connectivity index (χ1n) is 6.94. The van der Waals surface area contributed by atoms with Crippen LogP contribution in [0.4, 0.5) is 0 Å². The van der Waals surface area contributed by atoms with Crippen LogP contribution < -0.4 is 9.13 Å². The summed E-state index contributed by atoms with van der Waals surface area (Å²) in [5, 5.41) is 0. The number of aromatic nitrogens is 2. The van der Waals surface area contributed by atoms with Gasteiger partial charge in [0.15, 0.2) is 23.8 Å². The van der Waals surface area contributed by atoms with Crippen LogP contribution in [-0.4, -0.2) is 17.5 Å². The van der Waals surface area contributed by atoms with E-state index < -0.39 is 10.4 Å². The molecule has 0 atom stereocenters. The molecular weight excluding hydrogens is 316 g/mol. The van der Waals surface area contributed by atoms with Crippen molar-refractivity contribution >= 4 is 10.4 Å². The van der Waals surface area contributed by atoms with E-state index in [-0.39, 0.29) is 0 Å². The minimum absolute atomic E-state index is 1.33. The molecule has 6 nitrogen and oxygen atoms in total. The average molecular weight is 340 g/mol. The highest BCUT2D eigenvalue weighted by atomic mass is 32.3. The van der Waals surface area contributed by atoms with Crippen molar-refractivity contribution in [1.82, 2.24) is 0 Å². The monoisotopic (exact) mass is 340 g/mol. The van der Waals surface area contributed by atoms with Gasteiger partial charge in [0.2, 0.25) is 0 Å². The third-order valence-electron chi connectivity index (χ3n) is 3.51. The Kier molecular flexibility index (Phi) is 8.60. The van der Waals surface area contributed by atoms with E-state index in [9.17, 15) is 0 Å². The number of pyridine rings is 2. The summed E-state index contributed by atoms with van der Waals surface area (Å²) >= 11 is 0. The van der Waals surface area contributed by atoms with Gasteiger partial charge in [0.1, 0.15) is 14.1 Å². The van der Waals surface area contributed by atoms with E-state index in [4.69, 9.17) is 17.5 Å². The lowest BCUT2D eigenvalue weighted by molar-refractivity contribution is -0.678. The molecule has 0 spiro atoms. The molecule has 0 fully saturated rings. The van der Waals surface area contributed by atoms with Gasteiger partial charge in [-0.25, -0.2) is 9.13 Å². The Morgan fingerprint density at radius 3 is 1.22 bits per heavy atom. The lowest BCUT2D eigenvalue weighted by Crippen LogP contribution is -2.31. The molecule has 7 heteroatoms. The predicted octanol–water partition coefficient (Wildman–Crippen LogP) is 0.918. The van der Waals surface area contributed by atoms with Crippen LogP contribution >= 0.6 is 0 Å². The van der Waals surface area contributed by atoms with Crippen molar-refractivity contribution in [3.63, 3.8) is 0 Å². The Balaban J connectivity index is 0.000000332. The highest BCUT2D eigenvalue weighted by molar-refractivity contribution is 7.79. The Morgan fingerprint density at radius 1 is 0.783 bits per heavy atom. The van der Waals surface area contributed by atoms with Gasteiger partial charge in [0, 0.05) is 47.5 Å². The van der Waals surface area contributed by atoms with E-state index in [1.807, 2.05) is 0 Å². The molecule has 0 unspecified atom stereocenters. The molecule has 2 aromatic rings. The summed E-state index contributed by atoms with van der Waals surface area (Å²) in [7, 11) is -1.05. The minimum atomic E-state index is -5.17. The van der Waals surface area contributed by atoms with Crippen LogP contribution in [0.3, 0.4) is 0 Å². The van der Waals surface area contributed by atoms with Crippen LogP contribution in [0, 0.1) is 27.7 Å². The Morgan fingerprint density at radius 2 is 1.04 bits per heavy atom. The molecule has 0 aromatic carbocycles. The lowest BCUT2D eigenvalue weighted by atomic mass is 10.2. The third kappa shape index (κ3) is 9.72. The summed E-state index contributed by atoms with van der Waals surface area (Å²) in [5.74, 6) is 0. The molecule has 0 aliphatic rings. The van der Waals surface area contributed by atoms with Crippen LogP contribution in [0.15, 0.2) is 36.7 Å². The molecule has 0 aliphatic heterocycles. The highest BCUT2D eigenvalue weighted by Crippen LogP contribution is 1.97. The summed E-state index contributed by atoms with van der Waals surface area (Å²) in [6, 6.07) is 8.36. The van der Waals surface area contributed by atoms with Crippen LogP contribution in [0.1, 0.15) is 22.5 Å². The highest BCUT2D eigenvalue weighted by Gasteiger charge is 2.00. The summed E-state index contributed by atoms with van der Waals surface area (Å²) in [6.07, 6.45) is 4.12. The quantitative estimate of drug-likeness (QED) is 0.405. The van der Waals surface area contributed by atoms with Gasteiger partial charge in [-0.05, 0) is 26.0 Å². The fourth-order valence-corrected chi connectivity index (χ4v) is 1.65. The molecule has 0 bridgehead atoms. The number of hydrogen-bond donors (Lipinski definition) is 0. The molecule has 0 N–H and O–H groups in total. The topological polar surface area (TPSA) is 88.0 Å². The Labute approximate surface area is 138 Å². The molecule has 0 amide bonds. The van der Waals surface area contributed by atoms with E-state index in [1.54, 1.807) is 0 Å². The van der Waals surface area contributed by atoms with Crippen LogP contribution in [0.25, 0.3) is 0 Å². The lowest BCUT2D eigenvalue weighted by Gasteiger charge is -2.06. The fourth-order valence-electron chi connectivity index (χ4n) is 1.65. The van der Waals surface area contributed by atoms with Gasteiger partial charge in [-0.1, -0.05) is 0 Å². The molecule has 0 saturated carbocycles. The molecule has 128 valence electrons. The van der Waals surface area contributed by atoms with Crippen LogP contribution in [0.5, 0.6) is 0 Å². The molecule has 0 saturated heterocycles. The van der Waals surface area contributed by atoms with Crippen molar-refractivity contribution in [2.45, 2.75) is 27.7 Å². The van der Waals surface area contributed by atoms with E-state index in [0.29, 0.717) is 0 Å². The number of hydrogen-bond acceptors (Lipinski definition) is 4. The van der Waals surface area contributed by atoms with Gasteiger partial charge in [0.25, 0.3) is 0 Å². The normalized spacial score (nSPS) is 10.1. The summed E-state index contributed by atoms with van der Waals surface area (Å²) in [4.78, 5) is 0. The second kappa shape index (κ2) is 9.34. The summed E-state index contributed by atoms with van der Waals surface area (Å²) < 4.78 is 38.3. The molecule has 23 heavy (non-hydrogen) atoms. The SMILES string of the molecule is Cc1ccc[n+](C)c1C.Cc1ccc[n+](C)c1C.O=S(=O)([O-])[O-]. The van der Waals surface area contributed by atoms with E-state index in [0.717, 1.165) is 0 Å². The Bertz CT molecular complexity index is 646. The predicted molar refractivity (Wildman–Crippen MR) is 84.7 cm³/mol. The first-order chi connectivity index (χ1) is 10.4. The van der Waals surface area contributed by atoms with Gasteiger partial charge >= 0.3 is 0 Å². The van der Waals surface area contributed by atoms with Gasteiger partial charge < -0.3 is 9.11 Å². The molecule has 0 aliphatic carbocycles. The first kappa shape index (κ1) is 21.2. The molecule has 2 heterocycles. The fraction of sp³-hybridized carbons (Fsp3) is 0.375. The van der Waals surface area contributed by atoms with Crippen LogP contribution in [0.2, 0.25) is 0 Å². The van der Waals surface area contributed by atoms with Gasteiger partial charge in [-0.15, -0.1) is 0 Å². The van der Waals surface area contributed by atoms with Crippen molar-refractivity contribution in [3.8, 4) is 0 Å². The Hall–Kier alpha value is -1.83. The van der Waals surface area contributed by atoms with Crippen molar-refractivity contribution in [2.75, 3.05) is 0 Å². The number of nitrogens with zero attached hydrogens (tertiary/aromatic N) is 2. The van der Waals surface area contributed by atoms with E-state index in [2.05, 4.69) is 87.6 Å². The van der Waals surface area contributed by atoms with E-state index in [1.165, 1.54) is 22.5 Å². The second-order valence-electron chi connectivity index (χ2n) is 5.18. The van der Waals surface area contributed by atoms with Crippen molar-refractivity contribution in [3.05, 3.63) is 59.2 Å². The largest absolute Gasteiger partial charge is 0.759 e. The van der Waals surface area contributed by atoms with Gasteiger partial charge in [-0.3, -0.25) is 8.42 Å². The number of aryl methyl sites for hydroxylation is 4. The minimum Gasteiger partial charge on any atom is -0.759 e. The maximum Gasteiger partial charge on any atom is 0.180 e. The zero-order valence-corrected chi connectivity index (χ0v) is 15.2. The number of rotatable bonds is 0. The molecular formula is C16H24N2O4S. The van der Waals surface area contributed by atoms with Crippen LogP contribution in [-0.2, 0) is 24.5 Å². The van der Waals surface area contributed by atoms with Gasteiger partial charge in [-0.2, -0.15) is 0 Å². The first-order valence-corrected chi connectivity index (χ1v) is 8.27. The average Bonchev–Trinajstić information content (AvgIpc) is 2.41. The molecule has 2 aromatic heterocycles. The smallest absolute Gasteiger partial charge is 0.180 e. The van der Waals surface area contributed by atoms with Crippen molar-refractivity contribution in [1.29, 1.82) is 0 Å². The zero-order valence-electron chi connectivity index (χ0n) is 14.4. The molecule has 2 rings (SSSR count). The second-order valence-corrected chi connectivity index (χ2v) is 6.00. The maximum atomic E-state index is 8.52. The maximum absolute atomic E-state index is 8.52. The van der Waals surface area contributed by atoms with Crippen molar-refractivity contribution in [2.24, 2.45) is 14.1 Å². The third-order valence-corrected chi connectivity index (χ3v) is 3.51.